The van der Waals surface area contributed by atoms with Crippen LogP contribution in [0.4, 0.5) is 5.69 Å². The van der Waals surface area contributed by atoms with Gasteiger partial charge in [0, 0.05) is 25.3 Å². The third kappa shape index (κ3) is 5.35. The van der Waals surface area contributed by atoms with E-state index in [-0.39, 0.29) is 0 Å². The van der Waals surface area contributed by atoms with Crippen LogP contribution < -0.4 is 10.2 Å². The molecule has 2 atom stereocenters. The molecule has 1 aromatic rings. The van der Waals surface area contributed by atoms with Crippen LogP contribution in [-0.4, -0.2) is 26.2 Å². The van der Waals surface area contributed by atoms with Gasteiger partial charge in [-0.15, -0.1) is 0 Å². The van der Waals surface area contributed by atoms with Crippen LogP contribution in [0.2, 0.25) is 0 Å². The smallest absolute Gasteiger partial charge is 0.0363 e. The molecule has 2 unspecified atom stereocenters. The summed E-state index contributed by atoms with van der Waals surface area (Å²) in [5.41, 5.74) is 1.31. The molecule has 1 saturated carbocycles. The lowest BCUT2D eigenvalue weighted by molar-refractivity contribution is 0.231. The van der Waals surface area contributed by atoms with Gasteiger partial charge in [-0.1, -0.05) is 44.9 Å². The van der Waals surface area contributed by atoms with Crippen LogP contribution in [0.3, 0.4) is 0 Å². The molecule has 1 aliphatic carbocycles. The molecule has 0 heterocycles. The van der Waals surface area contributed by atoms with Gasteiger partial charge < -0.3 is 10.2 Å². The van der Waals surface area contributed by atoms with Crippen LogP contribution in [-0.2, 0) is 0 Å². The molecule has 2 rings (SSSR count). The van der Waals surface area contributed by atoms with Crippen molar-refractivity contribution in [1.29, 1.82) is 0 Å². The molecular formula is C19H32N2. The second-order valence-corrected chi connectivity index (χ2v) is 6.93. The lowest BCUT2D eigenvalue weighted by Gasteiger charge is -2.32. The SMILES string of the molecule is CC(C)C1CCCC(NCCCN(C)c2ccccc2)C1. The van der Waals surface area contributed by atoms with E-state index in [2.05, 4.69) is 61.4 Å². The van der Waals surface area contributed by atoms with Gasteiger partial charge in [-0.05, 0) is 49.8 Å². The standard InChI is InChI=1S/C19H32N2/c1-16(2)17-9-7-10-18(15-17)20-13-8-14-21(3)19-11-5-4-6-12-19/h4-6,11-12,16-18,20H,7-10,13-15H2,1-3H3. The minimum atomic E-state index is 0.758. The van der Waals surface area contributed by atoms with Crippen molar-refractivity contribution in [1.82, 2.24) is 5.32 Å². The molecule has 1 fully saturated rings. The largest absolute Gasteiger partial charge is 0.375 e. The van der Waals surface area contributed by atoms with Gasteiger partial charge in [0.2, 0.25) is 0 Å². The third-order valence-electron chi connectivity index (χ3n) is 4.96. The predicted octanol–water partition coefficient (Wildman–Crippen LogP) is 4.32. The summed E-state index contributed by atoms with van der Waals surface area (Å²) in [7, 11) is 2.19. The molecule has 0 bridgehead atoms. The van der Waals surface area contributed by atoms with Gasteiger partial charge >= 0.3 is 0 Å². The maximum Gasteiger partial charge on any atom is 0.0363 e. The normalized spacial score (nSPS) is 22.5. The number of benzene rings is 1. The van der Waals surface area contributed by atoms with Gasteiger partial charge in [0.25, 0.3) is 0 Å². The first-order chi connectivity index (χ1) is 10.2. The zero-order chi connectivity index (χ0) is 15.1. The van der Waals surface area contributed by atoms with Gasteiger partial charge in [-0.2, -0.15) is 0 Å². The second kappa shape index (κ2) is 8.43. The molecule has 2 nitrogen and oxygen atoms in total. The van der Waals surface area contributed by atoms with Gasteiger partial charge in [0.1, 0.15) is 0 Å². The number of hydrogen-bond donors (Lipinski definition) is 1. The van der Waals surface area contributed by atoms with E-state index in [1.54, 1.807) is 0 Å². The maximum absolute atomic E-state index is 3.79. The third-order valence-corrected chi connectivity index (χ3v) is 4.96. The monoisotopic (exact) mass is 288 g/mol. The lowest BCUT2D eigenvalue weighted by atomic mass is 9.79. The Hall–Kier alpha value is -1.02. The van der Waals surface area contributed by atoms with E-state index in [9.17, 15) is 0 Å². The van der Waals surface area contributed by atoms with Crippen molar-refractivity contribution < 1.29 is 0 Å². The Bertz CT molecular complexity index is 388. The van der Waals surface area contributed by atoms with E-state index in [0.717, 1.165) is 31.0 Å². The highest BCUT2D eigenvalue weighted by Crippen LogP contribution is 2.29. The van der Waals surface area contributed by atoms with E-state index in [4.69, 9.17) is 0 Å². The first-order valence-electron chi connectivity index (χ1n) is 8.66. The van der Waals surface area contributed by atoms with Crippen LogP contribution in [0.15, 0.2) is 30.3 Å². The first-order valence-corrected chi connectivity index (χ1v) is 8.66. The minimum Gasteiger partial charge on any atom is -0.375 e. The van der Waals surface area contributed by atoms with Crippen LogP contribution in [0.5, 0.6) is 0 Å². The van der Waals surface area contributed by atoms with Crippen molar-refractivity contribution in [3.05, 3.63) is 30.3 Å². The van der Waals surface area contributed by atoms with Crippen molar-refractivity contribution in [2.45, 2.75) is 52.0 Å². The fraction of sp³-hybridized carbons (Fsp3) is 0.684. The summed E-state index contributed by atoms with van der Waals surface area (Å²) in [5.74, 6) is 1.78. The summed E-state index contributed by atoms with van der Waals surface area (Å²) >= 11 is 0. The Kier molecular flexibility index (Phi) is 6.56. The summed E-state index contributed by atoms with van der Waals surface area (Å²) in [5, 5.41) is 3.79. The molecule has 0 spiro atoms. The van der Waals surface area contributed by atoms with Crippen molar-refractivity contribution in [2.24, 2.45) is 11.8 Å². The van der Waals surface area contributed by atoms with Gasteiger partial charge in [0.05, 0.1) is 0 Å². The molecule has 0 saturated heterocycles. The highest BCUT2D eigenvalue weighted by Gasteiger charge is 2.23. The Morgan fingerprint density at radius 3 is 2.67 bits per heavy atom. The molecule has 1 aromatic carbocycles. The summed E-state index contributed by atoms with van der Waals surface area (Å²) < 4.78 is 0. The molecule has 0 aromatic heterocycles. The van der Waals surface area contributed by atoms with Crippen LogP contribution in [0.25, 0.3) is 0 Å². The number of nitrogens with zero attached hydrogens (tertiary/aromatic N) is 1. The summed E-state index contributed by atoms with van der Waals surface area (Å²) in [6.45, 7) is 7.02. The van der Waals surface area contributed by atoms with Crippen molar-refractivity contribution in [2.75, 3.05) is 25.0 Å². The van der Waals surface area contributed by atoms with Gasteiger partial charge in [-0.25, -0.2) is 0 Å². The highest BCUT2D eigenvalue weighted by atomic mass is 15.1. The summed E-state index contributed by atoms with van der Waals surface area (Å²) in [6.07, 6.45) is 6.81. The molecule has 1 N–H and O–H groups in total. The first kappa shape index (κ1) is 16.4. The van der Waals surface area contributed by atoms with Crippen molar-refractivity contribution >= 4 is 5.69 Å². The quantitative estimate of drug-likeness (QED) is 0.752. The van der Waals surface area contributed by atoms with Crippen LogP contribution in [0, 0.1) is 11.8 Å². The Labute approximate surface area is 130 Å². The molecule has 2 heteroatoms. The Morgan fingerprint density at radius 1 is 1.19 bits per heavy atom. The molecule has 0 aliphatic heterocycles. The van der Waals surface area contributed by atoms with Crippen LogP contribution >= 0.6 is 0 Å². The second-order valence-electron chi connectivity index (χ2n) is 6.93. The van der Waals surface area contributed by atoms with E-state index in [1.165, 1.54) is 37.8 Å². The zero-order valence-electron chi connectivity index (χ0n) is 14.0. The number of nitrogens with one attached hydrogen (secondary N) is 1. The average Bonchev–Trinajstić information content (AvgIpc) is 2.52. The average molecular weight is 288 g/mol. The Balaban J connectivity index is 1.63. The fourth-order valence-electron chi connectivity index (χ4n) is 3.45. The van der Waals surface area contributed by atoms with Gasteiger partial charge in [-0.3, -0.25) is 0 Å². The molecule has 118 valence electrons. The van der Waals surface area contributed by atoms with Crippen LogP contribution in [0.1, 0.15) is 46.0 Å². The number of hydrogen-bond acceptors (Lipinski definition) is 2. The molecule has 21 heavy (non-hydrogen) atoms. The van der Waals surface area contributed by atoms with Gasteiger partial charge in [0.15, 0.2) is 0 Å². The molecule has 0 radical (unpaired) electrons. The summed E-state index contributed by atoms with van der Waals surface area (Å²) in [4.78, 5) is 2.35. The molecule has 1 aliphatic rings. The zero-order valence-corrected chi connectivity index (χ0v) is 14.0. The number of anilines is 1. The maximum atomic E-state index is 3.79. The van der Waals surface area contributed by atoms with Crippen molar-refractivity contribution in [3.8, 4) is 0 Å². The highest BCUT2D eigenvalue weighted by molar-refractivity contribution is 5.44. The van der Waals surface area contributed by atoms with E-state index < -0.39 is 0 Å². The minimum absolute atomic E-state index is 0.758. The van der Waals surface area contributed by atoms with Crippen molar-refractivity contribution in [3.63, 3.8) is 0 Å². The Morgan fingerprint density at radius 2 is 1.95 bits per heavy atom. The van der Waals surface area contributed by atoms with E-state index >= 15 is 0 Å². The number of para-hydroxylation sites is 1. The number of rotatable bonds is 7. The lowest BCUT2D eigenvalue weighted by Crippen LogP contribution is -2.37. The predicted molar refractivity (Wildman–Crippen MR) is 92.9 cm³/mol. The molecule has 0 amide bonds. The fourth-order valence-corrected chi connectivity index (χ4v) is 3.45. The summed E-state index contributed by atoms with van der Waals surface area (Å²) in [6, 6.07) is 11.4. The van der Waals surface area contributed by atoms with E-state index in [0.29, 0.717) is 0 Å². The topological polar surface area (TPSA) is 15.3 Å². The van der Waals surface area contributed by atoms with E-state index in [1.807, 2.05) is 0 Å². The molecular weight excluding hydrogens is 256 g/mol.